The van der Waals surface area contributed by atoms with E-state index in [-0.39, 0.29) is 0 Å². The van der Waals surface area contributed by atoms with Crippen molar-refractivity contribution in [1.82, 2.24) is 13.7 Å². The standard InChI is InChI=1S/C56H35N3/c1-2-14-41-38(13-1)35-56(43-16-4-3-15-42(41)43)59-53-24-12-8-20-47(53)49-34-37(26-32-55(49)59)36-25-31-54-48(33-36)46-19-7-11-23-52(46)58(54)40-29-27-39(28-30-40)57-50-21-9-5-17-44(50)45-18-6-10-22-51(45)57/h1-35H. The van der Waals surface area contributed by atoms with Crippen molar-refractivity contribution >= 4 is 87.0 Å². The molecule has 3 aromatic heterocycles. The van der Waals surface area contributed by atoms with Crippen LogP contribution in [0.15, 0.2) is 212 Å². The number of benzene rings is 10. The second-order valence-electron chi connectivity index (χ2n) is 15.7. The van der Waals surface area contributed by atoms with E-state index in [1.165, 1.54) is 104 Å². The summed E-state index contributed by atoms with van der Waals surface area (Å²) in [7, 11) is 0. The van der Waals surface area contributed by atoms with Crippen LogP contribution in [0.4, 0.5) is 0 Å². The first kappa shape index (κ1) is 32.2. The van der Waals surface area contributed by atoms with Crippen molar-refractivity contribution in [3.05, 3.63) is 212 Å². The lowest BCUT2D eigenvalue weighted by atomic mass is 9.99. The van der Waals surface area contributed by atoms with E-state index in [2.05, 4.69) is 226 Å². The smallest absolute Gasteiger partial charge is 0.0546 e. The van der Waals surface area contributed by atoms with E-state index in [1.54, 1.807) is 0 Å². The van der Waals surface area contributed by atoms with E-state index in [1.807, 2.05) is 0 Å². The third kappa shape index (κ3) is 4.64. The van der Waals surface area contributed by atoms with Crippen molar-refractivity contribution in [2.75, 3.05) is 0 Å². The van der Waals surface area contributed by atoms with Crippen molar-refractivity contribution in [3.63, 3.8) is 0 Å². The van der Waals surface area contributed by atoms with Gasteiger partial charge in [0, 0.05) is 49.1 Å². The largest absolute Gasteiger partial charge is 0.309 e. The molecule has 274 valence electrons. The number of fused-ring (bicyclic) bond motifs is 12. The molecule has 0 bridgehead atoms. The lowest BCUT2D eigenvalue weighted by Gasteiger charge is -2.14. The Morgan fingerprint density at radius 1 is 0.220 bits per heavy atom. The van der Waals surface area contributed by atoms with E-state index in [0.29, 0.717) is 0 Å². The number of rotatable bonds is 4. The summed E-state index contributed by atoms with van der Waals surface area (Å²) in [5, 5.41) is 12.6. The average molecular weight is 750 g/mol. The highest BCUT2D eigenvalue weighted by molar-refractivity contribution is 6.16. The zero-order valence-electron chi connectivity index (χ0n) is 32.0. The molecule has 0 fully saturated rings. The van der Waals surface area contributed by atoms with Gasteiger partial charge in [0.25, 0.3) is 0 Å². The zero-order chi connectivity index (χ0) is 38.6. The molecule has 0 aliphatic heterocycles. The second-order valence-corrected chi connectivity index (χ2v) is 15.7. The highest BCUT2D eigenvalue weighted by Crippen LogP contribution is 2.41. The Balaban J connectivity index is 0.955. The Morgan fingerprint density at radius 2 is 0.576 bits per heavy atom. The lowest BCUT2D eigenvalue weighted by molar-refractivity contribution is 1.14. The number of hydrogen-bond acceptors (Lipinski definition) is 0. The predicted octanol–water partition coefficient (Wildman–Crippen LogP) is 15.0. The van der Waals surface area contributed by atoms with Crippen LogP contribution in [0.25, 0.3) is 115 Å². The Hall–Kier alpha value is -7.88. The van der Waals surface area contributed by atoms with Gasteiger partial charge >= 0.3 is 0 Å². The summed E-state index contributed by atoms with van der Waals surface area (Å²) in [4.78, 5) is 0. The van der Waals surface area contributed by atoms with Crippen molar-refractivity contribution in [3.8, 4) is 28.2 Å². The Kier molecular flexibility index (Phi) is 6.72. The van der Waals surface area contributed by atoms with E-state index in [4.69, 9.17) is 0 Å². The lowest BCUT2D eigenvalue weighted by Crippen LogP contribution is -1.97. The summed E-state index contributed by atoms with van der Waals surface area (Å²) >= 11 is 0. The van der Waals surface area contributed by atoms with Gasteiger partial charge in [-0.25, -0.2) is 0 Å². The fourth-order valence-electron chi connectivity index (χ4n) is 10.0. The van der Waals surface area contributed by atoms with E-state index < -0.39 is 0 Å². The minimum absolute atomic E-state index is 1.14. The molecule has 0 amide bonds. The fraction of sp³-hybridized carbons (Fsp3) is 0. The third-order valence-corrected chi connectivity index (χ3v) is 12.6. The quantitative estimate of drug-likeness (QED) is 0.159. The molecule has 0 saturated carbocycles. The Morgan fingerprint density at radius 3 is 1.08 bits per heavy atom. The van der Waals surface area contributed by atoms with Crippen molar-refractivity contribution in [2.45, 2.75) is 0 Å². The first-order valence-corrected chi connectivity index (χ1v) is 20.4. The summed E-state index contributed by atoms with van der Waals surface area (Å²) in [5.74, 6) is 0. The molecule has 0 atom stereocenters. The van der Waals surface area contributed by atoms with E-state index in [0.717, 1.165) is 11.4 Å². The van der Waals surface area contributed by atoms with Crippen LogP contribution in [0.3, 0.4) is 0 Å². The van der Waals surface area contributed by atoms with Crippen LogP contribution >= 0.6 is 0 Å². The van der Waals surface area contributed by atoms with Gasteiger partial charge in [-0.1, -0.05) is 133 Å². The first-order valence-electron chi connectivity index (χ1n) is 20.4. The highest BCUT2D eigenvalue weighted by Gasteiger charge is 2.19. The molecule has 13 aromatic rings. The first-order chi connectivity index (χ1) is 29.3. The number of nitrogens with zero attached hydrogens (tertiary/aromatic N) is 3. The van der Waals surface area contributed by atoms with Crippen LogP contribution in [0.2, 0.25) is 0 Å². The molecule has 59 heavy (non-hydrogen) atoms. The maximum Gasteiger partial charge on any atom is 0.0546 e. The zero-order valence-corrected chi connectivity index (χ0v) is 32.0. The summed E-state index contributed by atoms with van der Waals surface area (Å²) in [6.07, 6.45) is 0. The van der Waals surface area contributed by atoms with E-state index >= 15 is 0 Å². The fourth-order valence-corrected chi connectivity index (χ4v) is 10.0. The molecule has 0 unspecified atom stereocenters. The molecule has 0 aliphatic carbocycles. The van der Waals surface area contributed by atoms with Gasteiger partial charge in [0.05, 0.1) is 38.8 Å². The Labute approximate surface area is 339 Å². The molecule has 3 nitrogen and oxygen atoms in total. The van der Waals surface area contributed by atoms with Gasteiger partial charge in [-0.05, 0) is 106 Å². The van der Waals surface area contributed by atoms with Gasteiger partial charge in [-0.15, -0.1) is 0 Å². The van der Waals surface area contributed by atoms with Gasteiger partial charge in [0.2, 0.25) is 0 Å². The van der Waals surface area contributed by atoms with Crippen LogP contribution in [-0.2, 0) is 0 Å². The van der Waals surface area contributed by atoms with Crippen LogP contribution in [0, 0.1) is 0 Å². The van der Waals surface area contributed by atoms with Crippen LogP contribution in [0.1, 0.15) is 0 Å². The van der Waals surface area contributed by atoms with Crippen molar-refractivity contribution in [2.24, 2.45) is 0 Å². The Bertz CT molecular complexity index is 3780. The predicted molar refractivity (Wildman–Crippen MR) is 250 cm³/mol. The highest BCUT2D eigenvalue weighted by atomic mass is 15.0. The summed E-state index contributed by atoms with van der Waals surface area (Å²) in [6.45, 7) is 0. The summed E-state index contributed by atoms with van der Waals surface area (Å²) < 4.78 is 7.26. The van der Waals surface area contributed by atoms with Gasteiger partial charge in [0.15, 0.2) is 0 Å². The van der Waals surface area contributed by atoms with Gasteiger partial charge in [-0.2, -0.15) is 0 Å². The maximum absolute atomic E-state index is 2.46. The molecule has 0 radical (unpaired) electrons. The van der Waals surface area contributed by atoms with E-state index in [9.17, 15) is 0 Å². The van der Waals surface area contributed by atoms with Gasteiger partial charge in [-0.3, -0.25) is 0 Å². The molecule has 0 saturated heterocycles. The number of hydrogen-bond donors (Lipinski definition) is 0. The molecule has 3 heterocycles. The summed E-state index contributed by atoms with van der Waals surface area (Å²) in [5.41, 5.74) is 13.2. The SMILES string of the molecule is c1ccc2c(c1)cc(-n1c3ccccc3c3cc(-c4ccc5c(c4)c4ccccc4n5-c4ccc(-n5c6ccccc6c6ccccc65)cc4)ccc31)c1ccccc12. The average Bonchev–Trinajstić information content (AvgIpc) is 3.94. The molecule has 10 aromatic carbocycles. The van der Waals surface area contributed by atoms with Crippen LogP contribution in [0.5, 0.6) is 0 Å². The van der Waals surface area contributed by atoms with Crippen molar-refractivity contribution in [1.29, 1.82) is 0 Å². The van der Waals surface area contributed by atoms with Crippen LogP contribution < -0.4 is 0 Å². The molecule has 0 aliphatic rings. The van der Waals surface area contributed by atoms with Gasteiger partial charge in [0.1, 0.15) is 0 Å². The summed E-state index contributed by atoms with van der Waals surface area (Å²) in [6, 6.07) is 78.0. The number of aromatic nitrogens is 3. The van der Waals surface area contributed by atoms with Gasteiger partial charge < -0.3 is 13.7 Å². The minimum atomic E-state index is 1.14. The van der Waals surface area contributed by atoms with Crippen LogP contribution in [-0.4, -0.2) is 13.7 Å². The minimum Gasteiger partial charge on any atom is -0.309 e. The maximum atomic E-state index is 2.46. The molecule has 13 rings (SSSR count). The molecule has 0 spiro atoms. The third-order valence-electron chi connectivity index (χ3n) is 12.6. The molecular formula is C56H35N3. The topological polar surface area (TPSA) is 14.8 Å². The molecule has 0 N–H and O–H groups in total. The molecule has 3 heteroatoms. The molecular weight excluding hydrogens is 715 g/mol. The van der Waals surface area contributed by atoms with Crippen molar-refractivity contribution < 1.29 is 0 Å². The normalized spacial score (nSPS) is 12.1. The second kappa shape index (κ2) is 12.3. The number of para-hydroxylation sites is 4. The monoisotopic (exact) mass is 749 g/mol.